The van der Waals surface area contributed by atoms with E-state index in [1.807, 2.05) is 46.0 Å². The van der Waals surface area contributed by atoms with Crippen molar-refractivity contribution in [2.24, 2.45) is 0 Å². The number of unbranched alkanes of at least 4 members (excludes halogenated alkanes) is 1. The van der Waals surface area contributed by atoms with Gasteiger partial charge in [-0.15, -0.1) is 0 Å². The van der Waals surface area contributed by atoms with Crippen LogP contribution in [-0.2, 0) is 16.1 Å². The van der Waals surface area contributed by atoms with E-state index in [2.05, 4.69) is 11.9 Å². The van der Waals surface area contributed by atoms with Crippen molar-refractivity contribution in [2.75, 3.05) is 6.54 Å². The topological polar surface area (TPSA) is 55.2 Å². The minimum absolute atomic E-state index is 0.0230. The second-order valence-electron chi connectivity index (χ2n) is 6.61. The Morgan fingerprint density at radius 2 is 1.88 bits per heavy atom. The molecule has 0 bridgehead atoms. The van der Waals surface area contributed by atoms with Gasteiger partial charge in [-0.05, 0) is 18.4 Å². The lowest BCUT2D eigenvalue weighted by Crippen LogP contribution is -2.36. The second kappa shape index (κ2) is 8.10. The highest BCUT2D eigenvalue weighted by Crippen LogP contribution is 2.34. The number of aromatic nitrogens is 2. The number of rotatable bonds is 8. The highest BCUT2D eigenvalue weighted by molar-refractivity contribution is 6.40. The van der Waals surface area contributed by atoms with Crippen LogP contribution in [0.5, 0.6) is 0 Å². The molecule has 2 aromatic rings. The van der Waals surface area contributed by atoms with Gasteiger partial charge in [0.25, 0.3) is 5.91 Å². The van der Waals surface area contributed by atoms with Crippen LogP contribution in [-0.4, -0.2) is 38.7 Å². The Kier molecular flexibility index (Phi) is 5.64. The van der Waals surface area contributed by atoms with Crippen molar-refractivity contribution in [2.45, 2.75) is 51.1 Å². The first-order valence-electron chi connectivity index (χ1n) is 9.08. The summed E-state index contributed by atoms with van der Waals surface area (Å²) in [6.07, 6.45) is 9.21. The van der Waals surface area contributed by atoms with Crippen LogP contribution in [0.4, 0.5) is 0 Å². The number of aryl methyl sites for hydroxylation is 1. The molecule has 1 saturated heterocycles. The lowest BCUT2D eigenvalue weighted by atomic mass is 9.88. The molecule has 1 aliphatic rings. The Balaban J connectivity index is 1.75. The maximum Gasteiger partial charge on any atom is 0.290 e. The summed E-state index contributed by atoms with van der Waals surface area (Å²) in [5.41, 5.74) is 0.957. The Morgan fingerprint density at radius 3 is 2.56 bits per heavy atom. The fourth-order valence-electron chi connectivity index (χ4n) is 3.66. The number of amides is 1. The number of hydrogen-bond acceptors (Lipinski definition) is 3. The number of ketones is 1. The minimum Gasteiger partial charge on any atom is -0.337 e. The van der Waals surface area contributed by atoms with E-state index in [9.17, 15) is 9.59 Å². The van der Waals surface area contributed by atoms with Crippen molar-refractivity contribution in [3.8, 4) is 0 Å². The van der Waals surface area contributed by atoms with Gasteiger partial charge < -0.3 is 9.47 Å². The predicted octanol–water partition coefficient (Wildman–Crippen LogP) is 3.03. The third kappa shape index (κ3) is 3.81. The highest BCUT2D eigenvalue weighted by atomic mass is 16.2. The summed E-state index contributed by atoms with van der Waals surface area (Å²) in [6.45, 7) is 3.55. The van der Waals surface area contributed by atoms with Crippen molar-refractivity contribution in [1.82, 2.24) is 14.5 Å². The van der Waals surface area contributed by atoms with Crippen LogP contribution in [0.1, 0.15) is 44.1 Å². The van der Waals surface area contributed by atoms with E-state index in [1.54, 1.807) is 12.5 Å². The largest absolute Gasteiger partial charge is 0.337 e. The molecule has 1 aliphatic heterocycles. The Bertz CT molecular complexity index is 697. The molecule has 0 aliphatic carbocycles. The summed E-state index contributed by atoms with van der Waals surface area (Å²) in [7, 11) is 0. The summed E-state index contributed by atoms with van der Waals surface area (Å²) >= 11 is 0. The molecule has 2 heterocycles. The molecule has 0 saturated carbocycles. The van der Waals surface area contributed by atoms with Gasteiger partial charge in [0.1, 0.15) is 0 Å². The quantitative estimate of drug-likeness (QED) is 0.695. The number of imidazole rings is 1. The van der Waals surface area contributed by atoms with Gasteiger partial charge >= 0.3 is 0 Å². The summed E-state index contributed by atoms with van der Waals surface area (Å²) in [5, 5.41) is 0. The first-order valence-corrected chi connectivity index (χ1v) is 9.08. The van der Waals surface area contributed by atoms with Gasteiger partial charge in [0, 0.05) is 31.5 Å². The predicted molar refractivity (Wildman–Crippen MR) is 96.1 cm³/mol. The van der Waals surface area contributed by atoms with Crippen LogP contribution in [0, 0.1) is 0 Å². The van der Waals surface area contributed by atoms with Crippen LogP contribution in [0.2, 0.25) is 0 Å². The number of likely N-dealkylation sites (tertiary alicyclic amines) is 1. The third-order valence-corrected chi connectivity index (χ3v) is 4.93. The summed E-state index contributed by atoms with van der Waals surface area (Å²) in [5.74, 6) is -0.899. The summed E-state index contributed by atoms with van der Waals surface area (Å²) in [6, 6.07) is 9.71. The summed E-state index contributed by atoms with van der Waals surface area (Å²) < 4.78 is 2.00. The van der Waals surface area contributed by atoms with Gasteiger partial charge in [-0.25, -0.2) is 4.98 Å². The Labute approximate surface area is 148 Å². The molecule has 25 heavy (non-hydrogen) atoms. The lowest BCUT2D eigenvalue weighted by Gasteiger charge is -2.27. The molecule has 0 spiro atoms. The Morgan fingerprint density at radius 1 is 1.08 bits per heavy atom. The molecular formula is C20H25N3O2. The maximum atomic E-state index is 12.7. The van der Waals surface area contributed by atoms with Crippen molar-refractivity contribution in [3.05, 3.63) is 54.6 Å². The smallest absolute Gasteiger partial charge is 0.290 e. The molecule has 1 fully saturated rings. The first-order chi connectivity index (χ1) is 12.2. The average molecular weight is 339 g/mol. The fraction of sp³-hybridized carbons (Fsp3) is 0.450. The number of benzene rings is 1. The molecule has 0 N–H and O–H groups in total. The van der Waals surface area contributed by atoms with E-state index >= 15 is 0 Å². The SMILES string of the molecule is CCCCC1C(c2ccccc2)C(=O)C(=O)N1CCCn1ccnc1. The molecule has 1 aromatic carbocycles. The van der Waals surface area contributed by atoms with Gasteiger partial charge in [-0.1, -0.05) is 50.1 Å². The number of hydrogen-bond donors (Lipinski definition) is 0. The van der Waals surface area contributed by atoms with Gasteiger partial charge in [-0.3, -0.25) is 9.59 Å². The molecule has 3 rings (SSSR count). The van der Waals surface area contributed by atoms with Crippen molar-refractivity contribution in [3.63, 3.8) is 0 Å². The van der Waals surface area contributed by atoms with Crippen LogP contribution in [0.15, 0.2) is 49.1 Å². The zero-order chi connectivity index (χ0) is 17.6. The van der Waals surface area contributed by atoms with Crippen LogP contribution >= 0.6 is 0 Å². The molecule has 5 heteroatoms. The molecule has 5 nitrogen and oxygen atoms in total. The van der Waals surface area contributed by atoms with E-state index in [-0.39, 0.29) is 23.7 Å². The van der Waals surface area contributed by atoms with Gasteiger partial charge in [-0.2, -0.15) is 0 Å². The molecule has 1 aromatic heterocycles. The first kappa shape index (κ1) is 17.4. The number of carbonyl (C=O) groups is 2. The van der Waals surface area contributed by atoms with Crippen LogP contribution < -0.4 is 0 Å². The normalized spacial score (nSPS) is 20.4. The highest BCUT2D eigenvalue weighted by Gasteiger charge is 2.46. The van der Waals surface area contributed by atoms with Crippen molar-refractivity contribution in [1.29, 1.82) is 0 Å². The Hall–Kier alpha value is -2.43. The van der Waals surface area contributed by atoms with Gasteiger partial charge in [0.15, 0.2) is 0 Å². The maximum absolute atomic E-state index is 12.7. The van der Waals surface area contributed by atoms with E-state index in [1.165, 1.54) is 0 Å². The van der Waals surface area contributed by atoms with Gasteiger partial charge in [0.2, 0.25) is 5.78 Å². The zero-order valence-corrected chi connectivity index (χ0v) is 14.7. The van der Waals surface area contributed by atoms with E-state index in [0.717, 1.165) is 37.8 Å². The number of nitrogens with zero attached hydrogens (tertiary/aromatic N) is 3. The molecule has 1 amide bonds. The van der Waals surface area contributed by atoms with E-state index in [0.29, 0.717) is 6.54 Å². The average Bonchev–Trinajstić information content (AvgIpc) is 3.23. The lowest BCUT2D eigenvalue weighted by molar-refractivity contribution is -0.140. The third-order valence-electron chi connectivity index (χ3n) is 4.93. The monoisotopic (exact) mass is 339 g/mol. The molecule has 2 unspecified atom stereocenters. The number of Topliss-reactive ketones (excluding diaryl/α,β-unsaturated/α-hetero) is 1. The van der Waals surface area contributed by atoms with Crippen molar-refractivity contribution >= 4 is 11.7 Å². The molecular weight excluding hydrogens is 314 g/mol. The number of carbonyl (C=O) groups excluding carboxylic acids is 2. The second-order valence-corrected chi connectivity index (χ2v) is 6.61. The fourth-order valence-corrected chi connectivity index (χ4v) is 3.66. The minimum atomic E-state index is -0.325. The zero-order valence-electron chi connectivity index (χ0n) is 14.7. The molecule has 0 radical (unpaired) electrons. The molecule has 132 valence electrons. The van der Waals surface area contributed by atoms with Crippen molar-refractivity contribution < 1.29 is 9.59 Å². The van der Waals surface area contributed by atoms with Gasteiger partial charge in [0.05, 0.1) is 12.2 Å². The van der Waals surface area contributed by atoms with E-state index < -0.39 is 0 Å². The van der Waals surface area contributed by atoms with E-state index in [4.69, 9.17) is 0 Å². The summed E-state index contributed by atoms with van der Waals surface area (Å²) in [4.78, 5) is 31.1. The van der Waals surface area contributed by atoms with Crippen LogP contribution in [0.3, 0.4) is 0 Å². The molecule has 2 atom stereocenters. The van der Waals surface area contributed by atoms with Crippen LogP contribution in [0.25, 0.3) is 0 Å². The standard InChI is InChI=1S/C20H25N3O2/c1-2-3-10-17-18(16-8-5-4-6-9-16)19(24)20(25)23(17)13-7-12-22-14-11-21-15-22/h4-6,8-9,11,14-15,17-18H,2-3,7,10,12-13H2,1H3.